The minimum Gasteiger partial charge on any atom is -0.449 e. The summed E-state index contributed by atoms with van der Waals surface area (Å²) in [5.74, 6) is 0.548. The van der Waals surface area contributed by atoms with Crippen LogP contribution in [0.25, 0.3) is 22.1 Å². The van der Waals surface area contributed by atoms with E-state index < -0.39 is 0 Å². The van der Waals surface area contributed by atoms with E-state index in [-0.39, 0.29) is 11.1 Å². The van der Waals surface area contributed by atoms with Gasteiger partial charge in [-0.3, -0.25) is 4.79 Å². The number of nitrogens with one attached hydrogen (secondary N) is 2. The zero-order valence-electron chi connectivity index (χ0n) is 13.0. The van der Waals surface area contributed by atoms with Gasteiger partial charge in [-0.15, -0.1) is 0 Å². The molecular weight excluding hydrogens is 406 g/mol. The molecule has 5 nitrogen and oxygen atoms in total. The summed E-state index contributed by atoms with van der Waals surface area (Å²) in [4.78, 5) is 19.6. The third kappa shape index (κ3) is 3.20. The first-order valence-electron chi connectivity index (χ1n) is 7.67. The van der Waals surface area contributed by atoms with Crippen molar-refractivity contribution in [2.24, 2.45) is 0 Å². The van der Waals surface area contributed by atoms with Crippen molar-refractivity contribution in [2.75, 3.05) is 0 Å². The molecule has 25 heavy (non-hydrogen) atoms. The molecule has 2 aromatic carbocycles. The zero-order chi connectivity index (χ0) is 17.4. The topological polar surface area (TPSA) is 70.9 Å². The average molecular weight is 419 g/mol. The molecule has 0 saturated carbocycles. The lowest BCUT2D eigenvalue weighted by Gasteiger charge is -2.06. The summed E-state index contributed by atoms with van der Waals surface area (Å²) in [6, 6.07) is 13.2. The van der Waals surface area contributed by atoms with E-state index in [4.69, 9.17) is 16.0 Å². The molecule has 7 heteroatoms. The van der Waals surface area contributed by atoms with Gasteiger partial charge in [0.1, 0.15) is 16.9 Å². The van der Waals surface area contributed by atoms with Gasteiger partial charge in [0.25, 0.3) is 5.56 Å². The van der Waals surface area contributed by atoms with E-state index >= 15 is 0 Å². The fourth-order valence-corrected chi connectivity index (χ4v) is 3.28. The van der Waals surface area contributed by atoms with Crippen molar-refractivity contribution in [1.82, 2.24) is 15.3 Å². The van der Waals surface area contributed by atoms with E-state index in [0.29, 0.717) is 35.0 Å². The van der Waals surface area contributed by atoms with Crippen LogP contribution >= 0.6 is 27.5 Å². The quantitative estimate of drug-likeness (QED) is 0.516. The lowest BCUT2D eigenvalue weighted by molar-refractivity contribution is 0.645. The van der Waals surface area contributed by atoms with Crippen LogP contribution in [0, 0.1) is 0 Å². The Morgan fingerprint density at radius 3 is 2.88 bits per heavy atom. The van der Waals surface area contributed by atoms with Gasteiger partial charge in [0.15, 0.2) is 0 Å². The maximum atomic E-state index is 12.3. The number of furan rings is 1. The van der Waals surface area contributed by atoms with Gasteiger partial charge in [-0.05, 0) is 29.8 Å². The molecule has 0 saturated heterocycles. The second-order valence-corrected chi connectivity index (χ2v) is 6.95. The number of H-pyrrole nitrogens is 1. The Balaban J connectivity index is 1.64. The van der Waals surface area contributed by atoms with Crippen LogP contribution < -0.4 is 10.9 Å². The number of nitrogens with zero attached hydrogens (tertiary/aromatic N) is 1. The van der Waals surface area contributed by atoms with Gasteiger partial charge >= 0.3 is 0 Å². The molecule has 0 radical (unpaired) electrons. The van der Waals surface area contributed by atoms with Crippen molar-refractivity contribution in [3.8, 4) is 0 Å². The highest BCUT2D eigenvalue weighted by molar-refractivity contribution is 9.10. The van der Waals surface area contributed by atoms with Crippen molar-refractivity contribution < 1.29 is 4.42 Å². The number of benzene rings is 2. The van der Waals surface area contributed by atoms with Gasteiger partial charge in [0.05, 0.1) is 6.54 Å². The number of hydrogen-bond acceptors (Lipinski definition) is 4. The van der Waals surface area contributed by atoms with Crippen LogP contribution in [0.15, 0.2) is 56.1 Å². The van der Waals surface area contributed by atoms with E-state index in [2.05, 4.69) is 31.2 Å². The number of rotatable bonds is 4. The maximum Gasteiger partial charge on any atom is 0.294 e. The standard InChI is InChI=1S/C18H13BrClN3O2/c19-11-5-6-14-12(7-11)16-17(25-14)18(24)23-15(22-16)9-21-8-10-3-1-2-4-13(10)20/h1-7,21H,8-9H2,(H,22,23,24). The molecule has 0 aliphatic rings. The highest BCUT2D eigenvalue weighted by Gasteiger charge is 2.13. The van der Waals surface area contributed by atoms with Gasteiger partial charge in [0, 0.05) is 21.4 Å². The Hall–Kier alpha value is -2.15. The summed E-state index contributed by atoms with van der Waals surface area (Å²) in [7, 11) is 0. The summed E-state index contributed by atoms with van der Waals surface area (Å²) in [6.45, 7) is 0.996. The van der Waals surface area contributed by atoms with E-state index in [1.165, 1.54) is 0 Å². The van der Waals surface area contributed by atoms with Crippen molar-refractivity contribution in [3.63, 3.8) is 0 Å². The highest BCUT2D eigenvalue weighted by atomic mass is 79.9. The first-order valence-corrected chi connectivity index (χ1v) is 8.84. The van der Waals surface area contributed by atoms with Crippen LogP contribution in [0.5, 0.6) is 0 Å². The Morgan fingerprint density at radius 1 is 1.20 bits per heavy atom. The van der Waals surface area contributed by atoms with Crippen LogP contribution in [-0.2, 0) is 13.1 Å². The number of halogens is 2. The van der Waals surface area contributed by atoms with E-state index in [1.807, 2.05) is 42.5 Å². The third-order valence-electron chi connectivity index (χ3n) is 3.90. The van der Waals surface area contributed by atoms with Crippen molar-refractivity contribution >= 4 is 49.6 Å². The molecule has 4 rings (SSSR count). The van der Waals surface area contributed by atoms with E-state index in [0.717, 1.165) is 15.4 Å². The predicted molar refractivity (Wildman–Crippen MR) is 102 cm³/mol. The third-order valence-corrected chi connectivity index (χ3v) is 4.76. The lowest BCUT2D eigenvalue weighted by Crippen LogP contribution is -2.19. The average Bonchev–Trinajstić information content (AvgIpc) is 2.95. The molecule has 0 bridgehead atoms. The Labute approximate surface area is 156 Å². The van der Waals surface area contributed by atoms with Crippen molar-refractivity contribution in [2.45, 2.75) is 13.1 Å². The largest absolute Gasteiger partial charge is 0.449 e. The Bertz CT molecular complexity index is 1140. The van der Waals surface area contributed by atoms with Crippen molar-refractivity contribution in [1.29, 1.82) is 0 Å². The number of aromatic amines is 1. The molecule has 2 heterocycles. The van der Waals surface area contributed by atoms with Crippen LogP contribution in [-0.4, -0.2) is 9.97 Å². The van der Waals surface area contributed by atoms with Gasteiger partial charge < -0.3 is 14.7 Å². The van der Waals surface area contributed by atoms with Crippen LogP contribution in [0.4, 0.5) is 0 Å². The summed E-state index contributed by atoms with van der Waals surface area (Å²) in [5.41, 5.74) is 2.15. The maximum absolute atomic E-state index is 12.3. The minimum atomic E-state index is -0.285. The highest BCUT2D eigenvalue weighted by Crippen LogP contribution is 2.27. The Morgan fingerprint density at radius 2 is 2.04 bits per heavy atom. The monoisotopic (exact) mass is 417 g/mol. The van der Waals surface area contributed by atoms with Gasteiger partial charge in [0.2, 0.25) is 5.58 Å². The summed E-state index contributed by atoms with van der Waals surface area (Å²) in [6.07, 6.45) is 0. The van der Waals surface area contributed by atoms with Crippen molar-refractivity contribution in [3.05, 3.63) is 73.7 Å². The number of hydrogen-bond donors (Lipinski definition) is 2. The normalized spacial score (nSPS) is 11.4. The van der Waals surface area contributed by atoms with E-state index in [9.17, 15) is 4.79 Å². The Kier molecular flexibility index (Phi) is 4.33. The molecule has 0 aliphatic heterocycles. The summed E-state index contributed by atoms with van der Waals surface area (Å²) < 4.78 is 6.52. The SMILES string of the molecule is O=c1[nH]c(CNCc2ccccc2Cl)nc2c1oc1ccc(Br)cc12. The molecule has 0 unspecified atom stereocenters. The van der Waals surface area contributed by atoms with Crippen LogP contribution in [0.2, 0.25) is 5.02 Å². The molecule has 2 N–H and O–H groups in total. The van der Waals surface area contributed by atoms with Gasteiger partial charge in [-0.25, -0.2) is 4.98 Å². The molecule has 2 aromatic heterocycles. The molecular formula is C18H13BrClN3O2. The zero-order valence-corrected chi connectivity index (χ0v) is 15.3. The van der Waals surface area contributed by atoms with E-state index in [1.54, 1.807) is 0 Å². The number of fused-ring (bicyclic) bond motifs is 3. The predicted octanol–water partition coefficient (Wildman–Crippen LogP) is 4.38. The second-order valence-electron chi connectivity index (χ2n) is 5.63. The molecule has 0 fully saturated rings. The smallest absolute Gasteiger partial charge is 0.294 e. The summed E-state index contributed by atoms with van der Waals surface area (Å²) >= 11 is 9.58. The fourth-order valence-electron chi connectivity index (χ4n) is 2.71. The first kappa shape index (κ1) is 16.3. The molecule has 126 valence electrons. The number of aromatic nitrogens is 2. The molecule has 0 atom stereocenters. The van der Waals surface area contributed by atoms with Crippen LogP contribution in [0.3, 0.4) is 0 Å². The summed E-state index contributed by atoms with van der Waals surface area (Å²) in [5, 5.41) is 4.76. The lowest BCUT2D eigenvalue weighted by atomic mass is 10.2. The first-order chi connectivity index (χ1) is 12.1. The molecule has 4 aromatic rings. The fraction of sp³-hybridized carbons (Fsp3) is 0.111. The van der Waals surface area contributed by atoms with Crippen LogP contribution in [0.1, 0.15) is 11.4 Å². The minimum absolute atomic E-state index is 0.239. The molecule has 0 spiro atoms. The van der Waals surface area contributed by atoms with Gasteiger partial charge in [-0.2, -0.15) is 0 Å². The molecule has 0 amide bonds. The molecule has 0 aliphatic carbocycles. The van der Waals surface area contributed by atoms with Gasteiger partial charge in [-0.1, -0.05) is 45.7 Å². The second kappa shape index (κ2) is 6.63.